The van der Waals surface area contributed by atoms with Crippen LogP contribution in [0.1, 0.15) is 11.4 Å². The van der Waals surface area contributed by atoms with Gasteiger partial charge in [0.25, 0.3) is 10.0 Å². The van der Waals surface area contributed by atoms with E-state index >= 15 is 0 Å². The lowest BCUT2D eigenvalue weighted by Gasteiger charge is -2.15. The van der Waals surface area contributed by atoms with E-state index in [9.17, 15) is 12.8 Å². The number of imidazole rings is 1. The molecule has 0 unspecified atom stereocenters. The zero-order chi connectivity index (χ0) is 22.9. The Kier molecular flexibility index (Phi) is 5.62. The maximum Gasteiger partial charge on any atom is 0.282 e. The Labute approximate surface area is 184 Å². The number of hydrazone groups is 1. The van der Waals surface area contributed by atoms with Gasteiger partial charge in [-0.1, -0.05) is 6.07 Å². The van der Waals surface area contributed by atoms with E-state index in [1.807, 2.05) is 37.4 Å². The number of pyridine rings is 2. The Hall–Kier alpha value is -3.79. The molecule has 32 heavy (non-hydrogen) atoms. The third-order valence-corrected chi connectivity index (χ3v) is 6.55. The lowest BCUT2D eigenvalue weighted by molar-refractivity contribution is 0.397. The van der Waals surface area contributed by atoms with Crippen molar-refractivity contribution in [2.75, 3.05) is 14.2 Å². The average Bonchev–Trinajstić information content (AvgIpc) is 3.20. The van der Waals surface area contributed by atoms with E-state index in [-0.39, 0.29) is 10.6 Å². The molecule has 0 N–H and O–H groups in total. The SMILES string of the molecule is COc1ccc(F)cc1S(=O)(=O)N(C)N=Cc1cnc2ccc(-c3ccc(C)nc3)cn12. The standard InChI is InChI=1S/C22H20FN5O3S/c1-15-4-5-16(11-24-15)17-6-9-22-25-12-19(28(22)14-17)13-26-27(2)32(29,30)21-10-18(23)7-8-20(21)31-3/h4-14H,1-3H3. The van der Waals surface area contributed by atoms with E-state index in [1.54, 1.807) is 16.8 Å². The molecule has 4 aromatic rings. The van der Waals surface area contributed by atoms with Gasteiger partial charge in [-0.3, -0.25) is 9.38 Å². The fraction of sp³-hybridized carbons (Fsp3) is 0.136. The van der Waals surface area contributed by atoms with Crippen LogP contribution in [-0.2, 0) is 10.0 Å². The average molecular weight is 453 g/mol. The van der Waals surface area contributed by atoms with Crippen LogP contribution < -0.4 is 4.74 Å². The van der Waals surface area contributed by atoms with Crippen LogP contribution in [0, 0.1) is 12.7 Å². The molecule has 0 aliphatic rings. The number of nitrogens with zero attached hydrogens (tertiary/aromatic N) is 5. The second-order valence-corrected chi connectivity index (χ2v) is 8.91. The fourth-order valence-corrected chi connectivity index (χ4v) is 4.22. The molecule has 0 radical (unpaired) electrons. The Bertz CT molecular complexity index is 1420. The molecule has 0 aliphatic carbocycles. The third-order valence-electron chi connectivity index (χ3n) is 4.88. The Balaban J connectivity index is 1.67. The number of aryl methyl sites for hydroxylation is 1. The highest BCUT2D eigenvalue weighted by Crippen LogP contribution is 2.27. The molecule has 0 amide bonds. The summed E-state index contributed by atoms with van der Waals surface area (Å²) in [6, 6.07) is 11.0. The number of ether oxygens (including phenoxy) is 1. The molecular weight excluding hydrogens is 433 g/mol. The summed E-state index contributed by atoms with van der Waals surface area (Å²) < 4.78 is 47.1. The molecule has 0 spiro atoms. The van der Waals surface area contributed by atoms with Crippen molar-refractivity contribution in [3.63, 3.8) is 0 Å². The zero-order valence-corrected chi connectivity index (χ0v) is 18.4. The summed E-state index contributed by atoms with van der Waals surface area (Å²) >= 11 is 0. The van der Waals surface area contributed by atoms with Crippen LogP contribution in [0.25, 0.3) is 16.8 Å². The van der Waals surface area contributed by atoms with Gasteiger partial charge >= 0.3 is 0 Å². The van der Waals surface area contributed by atoms with Crippen LogP contribution >= 0.6 is 0 Å². The summed E-state index contributed by atoms with van der Waals surface area (Å²) in [5, 5.41) is 4.05. The predicted octanol–water partition coefficient (Wildman–Crippen LogP) is 3.51. The Morgan fingerprint density at radius 1 is 1.09 bits per heavy atom. The number of methoxy groups -OCH3 is 1. The van der Waals surface area contributed by atoms with Gasteiger partial charge < -0.3 is 4.74 Å². The Morgan fingerprint density at radius 2 is 1.88 bits per heavy atom. The van der Waals surface area contributed by atoms with Crippen molar-refractivity contribution in [1.29, 1.82) is 0 Å². The highest BCUT2D eigenvalue weighted by atomic mass is 32.2. The third kappa shape index (κ3) is 4.04. The van der Waals surface area contributed by atoms with Gasteiger partial charge in [0.05, 0.1) is 25.2 Å². The van der Waals surface area contributed by atoms with Crippen LogP contribution in [0.3, 0.4) is 0 Å². The largest absolute Gasteiger partial charge is 0.495 e. The van der Waals surface area contributed by atoms with E-state index in [1.165, 1.54) is 26.4 Å². The first-order valence-electron chi connectivity index (χ1n) is 9.56. The van der Waals surface area contributed by atoms with Gasteiger partial charge in [-0.2, -0.15) is 17.9 Å². The molecule has 0 bridgehead atoms. The van der Waals surface area contributed by atoms with Crippen LogP contribution in [0.5, 0.6) is 5.75 Å². The number of aromatic nitrogens is 3. The second kappa shape index (κ2) is 8.39. The number of hydrogen-bond acceptors (Lipinski definition) is 6. The van der Waals surface area contributed by atoms with E-state index in [4.69, 9.17) is 4.74 Å². The number of hydrogen-bond donors (Lipinski definition) is 0. The number of benzene rings is 1. The van der Waals surface area contributed by atoms with Crippen molar-refractivity contribution < 1.29 is 17.5 Å². The number of rotatable bonds is 6. The van der Waals surface area contributed by atoms with Gasteiger partial charge in [0.2, 0.25) is 0 Å². The van der Waals surface area contributed by atoms with Gasteiger partial charge in [0.15, 0.2) is 0 Å². The minimum absolute atomic E-state index is 0.0274. The quantitative estimate of drug-likeness (QED) is 0.329. The number of fused-ring (bicyclic) bond motifs is 1. The van der Waals surface area contributed by atoms with E-state index in [0.717, 1.165) is 33.4 Å². The molecule has 0 atom stereocenters. The molecule has 4 rings (SSSR count). The summed E-state index contributed by atoms with van der Waals surface area (Å²) in [7, 11) is -1.55. The highest BCUT2D eigenvalue weighted by molar-refractivity contribution is 7.89. The molecule has 3 heterocycles. The van der Waals surface area contributed by atoms with Crippen molar-refractivity contribution in [3.8, 4) is 16.9 Å². The summed E-state index contributed by atoms with van der Waals surface area (Å²) in [5.41, 5.74) is 4.02. The first-order valence-corrected chi connectivity index (χ1v) is 11.0. The molecular formula is C22H20FN5O3S. The van der Waals surface area contributed by atoms with Gasteiger partial charge in [-0.15, -0.1) is 0 Å². The van der Waals surface area contributed by atoms with Crippen molar-refractivity contribution in [2.45, 2.75) is 11.8 Å². The normalized spacial score (nSPS) is 11.9. The van der Waals surface area contributed by atoms with Gasteiger partial charge in [-0.05, 0) is 43.3 Å². The summed E-state index contributed by atoms with van der Waals surface area (Å²) in [6.07, 6.45) is 6.62. The van der Waals surface area contributed by atoms with Crippen molar-refractivity contribution in [2.24, 2.45) is 5.10 Å². The maximum atomic E-state index is 13.7. The highest BCUT2D eigenvalue weighted by Gasteiger charge is 2.24. The van der Waals surface area contributed by atoms with Gasteiger partial charge in [0, 0.05) is 36.3 Å². The van der Waals surface area contributed by atoms with Gasteiger partial charge in [-0.25, -0.2) is 9.37 Å². The summed E-state index contributed by atoms with van der Waals surface area (Å²) in [5.74, 6) is -0.665. The summed E-state index contributed by atoms with van der Waals surface area (Å²) in [6.45, 7) is 1.92. The van der Waals surface area contributed by atoms with Crippen molar-refractivity contribution >= 4 is 21.9 Å². The van der Waals surface area contributed by atoms with E-state index in [0.29, 0.717) is 11.3 Å². The number of halogens is 1. The molecule has 1 aromatic carbocycles. The van der Waals surface area contributed by atoms with Crippen LogP contribution in [-0.4, -0.2) is 47.6 Å². The zero-order valence-electron chi connectivity index (χ0n) is 17.6. The van der Waals surface area contributed by atoms with Crippen LogP contribution in [0.15, 0.2) is 71.1 Å². The lowest BCUT2D eigenvalue weighted by atomic mass is 10.1. The van der Waals surface area contributed by atoms with Crippen LogP contribution in [0.2, 0.25) is 0 Å². The minimum atomic E-state index is -4.13. The molecule has 0 fully saturated rings. The topological polar surface area (TPSA) is 89.2 Å². The predicted molar refractivity (Wildman–Crippen MR) is 119 cm³/mol. The fourth-order valence-electron chi connectivity index (χ4n) is 3.10. The first kappa shape index (κ1) is 21.4. The second-order valence-electron chi connectivity index (χ2n) is 7.00. The smallest absolute Gasteiger partial charge is 0.282 e. The van der Waals surface area contributed by atoms with E-state index in [2.05, 4.69) is 15.1 Å². The lowest BCUT2D eigenvalue weighted by Crippen LogP contribution is -2.22. The van der Waals surface area contributed by atoms with Crippen LogP contribution in [0.4, 0.5) is 4.39 Å². The monoisotopic (exact) mass is 453 g/mol. The first-order chi connectivity index (χ1) is 15.3. The van der Waals surface area contributed by atoms with Gasteiger partial charge in [0.1, 0.15) is 22.1 Å². The van der Waals surface area contributed by atoms with E-state index < -0.39 is 15.8 Å². The number of sulfonamides is 1. The molecule has 8 nitrogen and oxygen atoms in total. The van der Waals surface area contributed by atoms with Crippen molar-refractivity contribution in [1.82, 2.24) is 18.8 Å². The molecule has 10 heteroatoms. The van der Waals surface area contributed by atoms with Crippen molar-refractivity contribution in [3.05, 3.63) is 78.3 Å². The molecule has 0 aliphatic heterocycles. The molecule has 164 valence electrons. The minimum Gasteiger partial charge on any atom is -0.495 e. The summed E-state index contributed by atoms with van der Waals surface area (Å²) in [4.78, 5) is 8.33. The maximum absolute atomic E-state index is 13.7. The molecule has 0 saturated heterocycles. The molecule has 0 saturated carbocycles. The molecule has 3 aromatic heterocycles. The Morgan fingerprint density at radius 3 is 2.59 bits per heavy atom.